The highest BCUT2D eigenvalue weighted by Gasteiger charge is 2.21. The van der Waals surface area contributed by atoms with Gasteiger partial charge in [-0.2, -0.15) is 5.10 Å². The van der Waals surface area contributed by atoms with Crippen molar-refractivity contribution in [3.63, 3.8) is 0 Å². The molecule has 1 N–H and O–H groups in total. The van der Waals surface area contributed by atoms with E-state index in [1.54, 1.807) is 0 Å². The molecule has 0 atom stereocenters. The van der Waals surface area contributed by atoms with Gasteiger partial charge in [-0.1, -0.05) is 6.92 Å². The monoisotopic (exact) mass is 351 g/mol. The second-order valence-corrected chi connectivity index (χ2v) is 6.52. The zero-order valence-corrected chi connectivity index (χ0v) is 14.4. The number of nitrogens with zero attached hydrogens (tertiary/aromatic N) is 4. The number of rotatable bonds is 6. The Bertz CT molecular complexity index is 639. The summed E-state index contributed by atoms with van der Waals surface area (Å²) < 4.78 is 5.37. The number of imidazole rings is 1. The second kappa shape index (κ2) is 5.93. The van der Waals surface area contributed by atoms with E-state index in [0.29, 0.717) is 6.04 Å². The number of halogens is 1. The molecule has 0 radical (unpaired) electrons. The van der Waals surface area contributed by atoms with Gasteiger partial charge in [-0.25, -0.2) is 4.98 Å². The van der Waals surface area contributed by atoms with E-state index in [1.165, 1.54) is 24.2 Å². The van der Waals surface area contributed by atoms with E-state index < -0.39 is 0 Å². The molecule has 5 nitrogen and oxygen atoms in total. The van der Waals surface area contributed by atoms with Crippen molar-refractivity contribution in [2.24, 2.45) is 7.05 Å². The van der Waals surface area contributed by atoms with Crippen LogP contribution in [0.1, 0.15) is 42.7 Å². The summed E-state index contributed by atoms with van der Waals surface area (Å²) in [5, 5.41) is 8.14. The third-order valence-electron chi connectivity index (χ3n) is 4.10. The Morgan fingerprint density at radius 3 is 2.81 bits per heavy atom. The van der Waals surface area contributed by atoms with Gasteiger partial charge in [-0.05, 0) is 42.1 Å². The van der Waals surface area contributed by atoms with Crippen LogP contribution < -0.4 is 5.32 Å². The largest absolute Gasteiger partial charge is 0.325 e. The molecule has 114 valence electrons. The fourth-order valence-electron chi connectivity index (χ4n) is 2.55. The maximum atomic E-state index is 4.57. The van der Waals surface area contributed by atoms with E-state index in [1.807, 2.05) is 17.9 Å². The van der Waals surface area contributed by atoms with Gasteiger partial charge in [0.2, 0.25) is 0 Å². The van der Waals surface area contributed by atoms with Crippen LogP contribution >= 0.6 is 15.9 Å². The second-order valence-electron chi connectivity index (χ2n) is 5.72. The average molecular weight is 352 g/mol. The van der Waals surface area contributed by atoms with Gasteiger partial charge >= 0.3 is 0 Å². The lowest BCUT2D eigenvalue weighted by Crippen LogP contribution is -2.19. The highest BCUT2D eigenvalue weighted by atomic mass is 79.9. The maximum absolute atomic E-state index is 4.57. The van der Waals surface area contributed by atoms with E-state index in [0.717, 1.165) is 35.5 Å². The first-order chi connectivity index (χ1) is 10.1. The number of aromatic nitrogens is 4. The molecule has 3 rings (SSSR count). The Morgan fingerprint density at radius 1 is 1.43 bits per heavy atom. The number of hydrogen-bond acceptors (Lipinski definition) is 3. The van der Waals surface area contributed by atoms with E-state index >= 15 is 0 Å². The van der Waals surface area contributed by atoms with E-state index in [-0.39, 0.29) is 0 Å². The summed E-state index contributed by atoms with van der Waals surface area (Å²) in [7, 11) is 2.01. The fourth-order valence-corrected chi connectivity index (χ4v) is 3.29. The average Bonchev–Trinajstić information content (AvgIpc) is 3.18. The van der Waals surface area contributed by atoms with Crippen molar-refractivity contribution >= 4 is 15.9 Å². The zero-order chi connectivity index (χ0) is 15.0. The van der Waals surface area contributed by atoms with E-state index in [2.05, 4.69) is 49.7 Å². The molecular formula is C15H22BrN5. The van der Waals surface area contributed by atoms with Gasteiger partial charge in [0, 0.05) is 25.8 Å². The molecule has 2 aromatic heterocycles. The van der Waals surface area contributed by atoms with Crippen LogP contribution in [-0.2, 0) is 26.6 Å². The lowest BCUT2D eigenvalue weighted by atomic mass is 10.3. The van der Waals surface area contributed by atoms with Crippen molar-refractivity contribution in [2.75, 3.05) is 0 Å². The minimum Gasteiger partial charge on any atom is -0.325 e. The highest BCUT2D eigenvalue weighted by molar-refractivity contribution is 9.10. The van der Waals surface area contributed by atoms with E-state index in [9.17, 15) is 0 Å². The molecule has 0 saturated heterocycles. The Kier molecular flexibility index (Phi) is 4.17. The molecule has 1 fully saturated rings. The molecule has 1 saturated carbocycles. The smallest absolute Gasteiger partial charge is 0.106 e. The summed E-state index contributed by atoms with van der Waals surface area (Å²) in [5.41, 5.74) is 3.55. The van der Waals surface area contributed by atoms with Crippen LogP contribution in [0.4, 0.5) is 0 Å². The predicted molar refractivity (Wildman–Crippen MR) is 86.2 cm³/mol. The van der Waals surface area contributed by atoms with Gasteiger partial charge in [0.05, 0.1) is 28.1 Å². The lowest BCUT2D eigenvalue weighted by molar-refractivity contribution is 0.600. The Morgan fingerprint density at radius 2 is 2.19 bits per heavy atom. The summed E-state index contributed by atoms with van der Waals surface area (Å²) in [5.74, 6) is 1.05. The molecule has 0 aromatic carbocycles. The first-order valence-electron chi connectivity index (χ1n) is 7.54. The Hall–Kier alpha value is -1.14. The molecule has 2 aromatic rings. The van der Waals surface area contributed by atoms with Crippen LogP contribution in [0.25, 0.3) is 0 Å². The van der Waals surface area contributed by atoms with Crippen LogP contribution in [0.2, 0.25) is 0 Å². The van der Waals surface area contributed by atoms with E-state index in [4.69, 9.17) is 0 Å². The summed E-state index contributed by atoms with van der Waals surface area (Å²) in [6, 6.07) is 0.712. The zero-order valence-electron chi connectivity index (χ0n) is 12.9. The van der Waals surface area contributed by atoms with Crippen molar-refractivity contribution < 1.29 is 0 Å². The number of aryl methyl sites for hydroxylation is 3. The molecule has 0 bridgehead atoms. The van der Waals surface area contributed by atoms with Crippen LogP contribution in [0.5, 0.6) is 0 Å². The van der Waals surface area contributed by atoms with Gasteiger partial charge in [0.15, 0.2) is 0 Å². The first kappa shape index (κ1) is 14.8. The summed E-state index contributed by atoms with van der Waals surface area (Å²) in [6.45, 7) is 5.88. The van der Waals surface area contributed by atoms with Gasteiger partial charge in [-0.3, -0.25) is 4.68 Å². The summed E-state index contributed by atoms with van der Waals surface area (Å²) in [6.07, 6.45) is 5.53. The van der Waals surface area contributed by atoms with Crippen molar-refractivity contribution in [2.45, 2.75) is 52.2 Å². The van der Waals surface area contributed by atoms with Gasteiger partial charge in [0.25, 0.3) is 0 Å². The highest BCUT2D eigenvalue weighted by Crippen LogP contribution is 2.24. The third-order valence-corrected chi connectivity index (χ3v) is 5.01. The molecule has 0 spiro atoms. The molecule has 21 heavy (non-hydrogen) atoms. The van der Waals surface area contributed by atoms with Crippen molar-refractivity contribution in [3.8, 4) is 0 Å². The SMILES string of the molecule is CCc1nn(C)c(Cn2c(CNC3CC3)cnc2C)c1Br. The van der Waals surface area contributed by atoms with Gasteiger partial charge in [0.1, 0.15) is 5.82 Å². The lowest BCUT2D eigenvalue weighted by Gasteiger charge is -2.12. The van der Waals surface area contributed by atoms with Crippen molar-refractivity contribution in [1.82, 2.24) is 24.6 Å². The van der Waals surface area contributed by atoms with Crippen molar-refractivity contribution in [3.05, 3.63) is 33.6 Å². The van der Waals surface area contributed by atoms with Crippen LogP contribution in [0.15, 0.2) is 10.7 Å². The number of nitrogens with one attached hydrogen (secondary N) is 1. The standard InChI is InChI=1S/C15H22BrN5/c1-4-13-15(16)14(20(3)19-13)9-21-10(2)17-7-12(21)8-18-11-5-6-11/h7,11,18H,4-6,8-9H2,1-3H3. The van der Waals surface area contributed by atoms with Gasteiger partial charge in [-0.15, -0.1) is 0 Å². The quantitative estimate of drug-likeness (QED) is 0.869. The minimum atomic E-state index is 0.712. The first-order valence-corrected chi connectivity index (χ1v) is 8.34. The van der Waals surface area contributed by atoms with Crippen LogP contribution in [0, 0.1) is 6.92 Å². The third kappa shape index (κ3) is 3.06. The summed E-state index contributed by atoms with van der Waals surface area (Å²) >= 11 is 3.70. The summed E-state index contributed by atoms with van der Waals surface area (Å²) in [4.78, 5) is 4.48. The molecular weight excluding hydrogens is 330 g/mol. The molecule has 0 unspecified atom stereocenters. The molecule has 0 aliphatic heterocycles. The fraction of sp³-hybridized carbons (Fsp3) is 0.600. The van der Waals surface area contributed by atoms with Gasteiger partial charge < -0.3 is 9.88 Å². The molecule has 6 heteroatoms. The van der Waals surface area contributed by atoms with Crippen LogP contribution in [-0.4, -0.2) is 25.4 Å². The Labute approximate surface area is 133 Å². The molecule has 0 amide bonds. The minimum absolute atomic E-state index is 0.712. The molecule has 1 aliphatic rings. The number of hydrogen-bond donors (Lipinski definition) is 1. The molecule has 1 aliphatic carbocycles. The topological polar surface area (TPSA) is 47.7 Å². The maximum Gasteiger partial charge on any atom is 0.106 e. The molecule has 2 heterocycles. The Balaban J connectivity index is 1.83. The van der Waals surface area contributed by atoms with Crippen molar-refractivity contribution in [1.29, 1.82) is 0 Å². The normalized spacial score (nSPS) is 14.9. The predicted octanol–water partition coefficient (Wildman–Crippen LogP) is 2.55. The van der Waals surface area contributed by atoms with Crippen LogP contribution in [0.3, 0.4) is 0 Å².